The van der Waals surface area contributed by atoms with Crippen LogP contribution in [0, 0.1) is 5.51 Å². The lowest BCUT2D eigenvalue weighted by Gasteiger charge is -1.98. The molecule has 0 saturated carbocycles. The first-order valence-electron chi connectivity index (χ1n) is 3.32. The molecule has 12 heavy (non-hydrogen) atoms. The third-order valence-electron chi connectivity index (χ3n) is 1.24. The summed E-state index contributed by atoms with van der Waals surface area (Å²) in [4.78, 5) is 3.95. The van der Waals surface area contributed by atoms with Crippen molar-refractivity contribution in [3.63, 3.8) is 0 Å². The Bertz CT molecular complexity index is 332. The van der Waals surface area contributed by atoms with Gasteiger partial charge in [-0.3, -0.25) is 4.98 Å². The normalized spacial score (nSPS) is 9.67. The summed E-state index contributed by atoms with van der Waals surface area (Å²) in [5.74, 6) is 0. The van der Waals surface area contributed by atoms with Crippen molar-refractivity contribution in [3.8, 4) is 0 Å². The molecule has 0 saturated heterocycles. The van der Waals surface area contributed by atoms with Crippen LogP contribution in [0.5, 0.6) is 0 Å². The van der Waals surface area contributed by atoms with Crippen molar-refractivity contribution in [1.82, 2.24) is 15.2 Å². The fourth-order valence-corrected chi connectivity index (χ4v) is 1.18. The van der Waals surface area contributed by atoms with Gasteiger partial charge < -0.3 is 5.32 Å². The van der Waals surface area contributed by atoms with Crippen molar-refractivity contribution in [3.05, 3.63) is 30.0 Å². The van der Waals surface area contributed by atoms with Gasteiger partial charge in [0.05, 0.1) is 11.9 Å². The second-order valence-electron chi connectivity index (χ2n) is 2.07. The summed E-state index contributed by atoms with van der Waals surface area (Å²) in [6.45, 7) is 0. The monoisotopic (exact) mass is 177 g/mol. The average Bonchev–Trinajstić information content (AvgIpc) is 2.59. The second kappa shape index (κ2) is 3.27. The molecule has 2 heterocycles. The standard InChI is InChI=1S/C7H5N4S/c1-2-6(4-8-3-1)10-7-11-9-5-12-7/h1-4H,(H,10,11). The van der Waals surface area contributed by atoms with Crippen molar-refractivity contribution in [2.45, 2.75) is 0 Å². The zero-order valence-corrected chi connectivity index (χ0v) is 6.88. The largest absolute Gasteiger partial charge is 0.329 e. The van der Waals surface area contributed by atoms with Crippen LogP contribution in [-0.2, 0) is 0 Å². The van der Waals surface area contributed by atoms with Crippen LogP contribution in [0.4, 0.5) is 10.8 Å². The maximum absolute atomic E-state index is 3.95. The minimum atomic E-state index is 0.725. The number of nitrogens with zero attached hydrogens (tertiary/aromatic N) is 3. The molecule has 4 nitrogen and oxygen atoms in total. The van der Waals surface area contributed by atoms with Crippen molar-refractivity contribution < 1.29 is 0 Å². The van der Waals surface area contributed by atoms with Gasteiger partial charge in [0.15, 0.2) is 5.51 Å². The van der Waals surface area contributed by atoms with Gasteiger partial charge in [-0.05, 0) is 12.1 Å². The fraction of sp³-hybridized carbons (Fsp3) is 0. The Hall–Kier alpha value is -1.49. The van der Waals surface area contributed by atoms with E-state index in [2.05, 4.69) is 26.0 Å². The molecule has 0 amide bonds. The summed E-state index contributed by atoms with van der Waals surface area (Å²) in [6, 6.07) is 3.77. The van der Waals surface area contributed by atoms with Gasteiger partial charge in [0.1, 0.15) is 0 Å². The number of hydrogen-bond acceptors (Lipinski definition) is 5. The number of nitrogens with one attached hydrogen (secondary N) is 1. The fourth-order valence-electron chi connectivity index (χ4n) is 0.761. The minimum Gasteiger partial charge on any atom is -0.329 e. The molecule has 0 unspecified atom stereocenters. The smallest absolute Gasteiger partial charge is 0.210 e. The summed E-state index contributed by atoms with van der Waals surface area (Å²) in [6.07, 6.45) is 3.44. The van der Waals surface area contributed by atoms with Crippen molar-refractivity contribution in [2.75, 3.05) is 5.32 Å². The Morgan fingerprint density at radius 3 is 3.17 bits per heavy atom. The first kappa shape index (κ1) is 7.17. The quantitative estimate of drug-likeness (QED) is 0.754. The molecule has 1 radical (unpaired) electrons. The van der Waals surface area contributed by atoms with E-state index in [-0.39, 0.29) is 0 Å². The van der Waals surface area contributed by atoms with E-state index in [1.165, 1.54) is 11.3 Å². The molecule has 5 heteroatoms. The molecule has 0 aliphatic carbocycles. The highest BCUT2D eigenvalue weighted by Crippen LogP contribution is 2.14. The molecule has 1 N–H and O–H groups in total. The van der Waals surface area contributed by atoms with Gasteiger partial charge in [-0.1, -0.05) is 11.3 Å². The van der Waals surface area contributed by atoms with E-state index in [1.54, 1.807) is 12.4 Å². The molecule has 0 bridgehead atoms. The first-order chi connectivity index (χ1) is 5.95. The molecule has 2 rings (SSSR count). The van der Waals surface area contributed by atoms with E-state index < -0.39 is 0 Å². The third-order valence-corrected chi connectivity index (χ3v) is 1.79. The summed E-state index contributed by atoms with van der Waals surface area (Å²) < 4.78 is 0. The van der Waals surface area contributed by atoms with Gasteiger partial charge in [-0.25, -0.2) is 0 Å². The van der Waals surface area contributed by atoms with Gasteiger partial charge in [0.2, 0.25) is 5.13 Å². The van der Waals surface area contributed by atoms with E-state index in [1.807, 2.05) is 12.1 Å². The average molecular weight is 177 g/mol. The van der Waals surface area contributed by atoms with Crippen LogP contribution < -0.4 is 5.32 Å². The van der Waals surface area contributed by atoms with Gasteiger partial charge in [0.25, 0.3) is 0 Å². The van der Waals surface area contributed by atoms with E-state index in [4.69, 9.17) is 0 Å². The summed E-state index contributed by atoms with van der Waals surface area (Å²) in [5, 5.41) is 11.1. The Labute approximate surface area is 73.3 Å². The zero-order valence-electron chi connectivity index (χ0n) is 6.06. The Morgan fingerprint density at radius 1 is 1.50 bits per heavy atom. The summed E-state index contributed by atoms with van der Waals surface area (Å²) in [5.41, 5.74) is 3.55. The highest BCUT2D eigenvalue weighted by Gasteiger charge is 1.95. The van der Waals surface area contributed by atoms with Crippen LogP contribution in [0.3, 0.4) is 0 Å². The highest BCUT2D eigenvalue weighted by atomic mass is 32.1. The Morgan fingerprint density at radius 2 is 2.50 bits per heavy atom. The molecule has 0 fully saturated rings. The lowest BCUT2D eigenvalue weighted by molar-refractivity contribution is 1.09. The first-order valence-corrected chi connectivity index (χ1v) is 4.13. The van der Waals surface area contributed by atoms with Crippen LogP contribution in [0.1, 0.15) is 0 Å². The molecule has 0 aliphatic rings. The van der Waals surface area contributed by atoms with Crippen LogP contribution in [0.15, 0.2) is 24.5 Å². The number of aromatic nitrogens is 3. The molecular weight excluding hydrogens is 172 g/mol. The molecule has 2 aromatic heterocycles. The summed E-state index contributed by atoms with van der Waals surface area (Å²) >= 11 is 1.33. The van der Waals surface area contributed by atoms with E-state index in [0.29, 0.717) is 0 Å². The molecule has 0 aromatic carbocycles. The van der Waals surface area contributed by atoms with Crippen LogP contribution in [-0.4, -0.2) is 15.2 Å². The van der Waals surface area contributed by atoms with Gasteiger partial charge >= 0.3 is 0 Å². The zero-order chi connectivity index (χ0) is 8.23. The van der Waals surface area contributed by atoms with Crippen LogP contribution in [0.25, 0.3) is 0 Å². The van der Waals surface area contributed by atoms with Crippen molar-refractivity contribution in [2.24, 2.45) is 0 Å². The van der Waals surface area contributed by atoms with Gasteiger partial charge in [-0.15, -0.1) is 10.2 Å². The predicted octanol–water partition coefficient (Wildman–Crippen LogP) is 1.48. The molecule has 59 valence electrons. The number of rotatable bonds is 2. The topological polar surface area (TPSA) is 50.7 Å². The van der Waals surface area contributed by atoms with E-state index in [0.717, 1.165) is 10.8 Å². The highest BCUT2D eigenvalue weighted by molar-refractivity contribution is 7.12. The van der Waals surface area contributed by atoms with Crippen molar-refractivity contribution in [1.29, 1.82) is 0 Å². The van der Waals surface area contributed by atoms with Crippen molar-refractivity contribution >= 4 is 22.2 Å². The minimum absolute atomic E-state index is 0.725. The maximum atomic E-state index is 3.95. The lowest BCUT2D eigenvalue weighted by atomic mass is 10.4. The predicted molar refractivity (Wildman–Crippen MR) is 46.3 cm³/mol. The Kier molecular flexibility index (Phi) is 1.96. The lowest BCUT2D eigenvalue weighted by Crippen LogP contribution is -1.89. The molecule has 0 spiro atoms. The number of pyridine rings is 1. The number of anilines is 2. The maximum Gasteiger partial charge on any atom is 0.210 e. The Balaban J connectivity index is 2.15. The third kappa shape index (κ3) is 1.57. The second-order valence-corrected chi connectivity index (χ2v) is 2.84. The summed E-state index contributed by atoms with van der Waals surface area (Å²) in [7, 11) is 0. The van der Waals surface area contributed by atoms with Gasteiger partial charge in [0, 0.05) is 6.20 Å². The molecule has 0 aliphatic heterocycles. The van der Waals surface area contributed by atoms with Gasteiger partial charge in [-0.2, -0.15) is 0 Å². The SMILES string of the molecule is [c]1nnc(Nc2cccnc2)s1. The number of hydrogen-bond donors (Lipinski definition) is 1. The molecule has 0 atom stereocenters. The molecule has 2 aromatic rings. The molecular formula is C7H5N4S. The van der Waals surface area contributed by atoms with Crippen LogP contribution in [0.2, 0.25) is 0 Å². The van der Waals surface area contributed by atoms with Crippen LogP contribution >= 0.6 is 11.3 Å². The van der Waals surface area contributed by atoms with E-state index in [9.17, 15) is 0 Å². The van der Waals surface area contributed by atoms with E-state index >= 15 is 0 Å².